The maximum Gasteiger partial charge on any atom is 0.309 e. The predicted octanol–water partition coefficient (Wildman–Crippen LogP) is 6.37. The van der Waals surface area contributed by atoms with Gasteiger partial charge in [-0.15, -0.1) is 0 Å². The van der Waals surface area contributed by atoms with Crippen LogP contribution in [0.1, 0.15) is 29.9 Å². The lowest BCUT2D eigenvalue weighted by molar-refractivity contribution is -0.139. The zero-order valence-corrected chi connectivity index (χ0v) is 18.5. The second-order valence-electron chi connectivity index (χ2n) is 6.56. The number of halogens is 3. The second kappa shape index (κ2) is 9.43. The molecule has 0 amide bonds. The van der Waals surface area contributed by atoms with E-state index in [1.165, 1.54) is 7.11 Å². The number of aliphatic hydroxyl groups is 1. The van der Waals surface area contributed by atoms with E-state index in [-0.39, 0.29) is 47.6 Å². The van der Waals surface area contributed by atoms with Crippen molar-refractivity contribution < 1.29 is 19.4 Å². The number of allylic oxidation sites excluding steroid dienone is 2. The van der Waals surface area contributed by atoms with E-state index in [9.17, 15) is 14.7 Å². The number of hydrogen-bond donors (Lipinski definition) is 1. The van der Waals surface area contributed by atoms with E-state index < -0.39 is 0 Å². The van der Waals surface area contributed by atoms with Crippen molar-refractivity contribution in [2.24, 2.45) is 0 Å². The molecule has 29 heavy (non-hydrogen) atoms. The molecule has 0 saturated carbocycles. The number of methoxy groups -OCH3 is 1. The molecule has 1 aliphatic rings. The minimum Gasteiger partial charge on any atom is -0.511 e. The third kappa shape index (κ3) is 5.10. The van der Waals surface area contributed by atoms with Gasteiger partial charge < -0.3 is 9.84 Å². The molecular formula is C21H17Cl3O4S. The van der Waals surface area contributed by atoms with Crippen molar-refractivity contribution >= 4 is 58.3 Å². The number of Topliss-reactive ketones (excluding diaryl/α,β-unsaturated/α-hetero) is 1. The van der Waals surface area contributed by atoms with Crippen molar-refractivity contribution in [1.82, 2.24) is 0 Å². The maximum atomic E-state index is 12.8. The first-order valence-electron chi connectivity index (χ1n) is 8.72. The lowest BCUT2D eigenvalue weighted by Gasteiger charge is -2.25. The van der Waals surface area contributed by atoms with Crippen molar-refractivity contribution in [3.8, 4) is 0 Å². The van der Waals surface area contributed by atoms with Crippen LogP contribution in [0.4, 0.5) is 0 Å². The van der Waals surface area contributed by atoms with Gasteiger partial charge in [-0.2, -0.15) is 0 Å². The Labute approximate surface area is 187 Å². The minimum atomic E-state index is -0.376. The molecule has 0 saturated heterocycles. The number of hydrogen-bond acceptors (Lipinski definition) is 5. The number of carbonyl (C=O) groups is 2. The van der Waals surface area contributed by atoms with Crippen molar-refractivity contribution in [2.75, 3.05) is 7.11 Å². The van der Waals surface area contributed by atoms with E-state index in [4.69, 9.17) is 34.8 Å². The lowest BCUT2D eigenvalue weighted by Crippen LogP contribution is -2.17. The van der Waals surface area contributed by atoms with E-state index in [2.05, 4.69) is 4.74 Å². The average Bonchev–Trinajstić information content (AvgIpc) is 2.66. The van der Waals surface area contributed by atoms with E-state index in [0.717, 1.165) is 11.8 Å². The molecule has 8 heteroatoms. The van der Waals surface area contributed by atoms with Gasteiger partial charge in [0.1, 0.15) is 5.76 Å². The highest BCUT2D eigenvalue weighted by Gasteiger charge is 2.32. The van der Waals surface area contributed by atoms with Gasteiger partial charge in [0, 0.05) is 33.7 Å². The molecule has 0 radical (unpaired) electrons. The minimum absolute atomic E-state index is 0.0262. The van der Waals surface area contributed by atoms with Crippen LogP contribution in [-0.4, -0.2) is 24.0 Å². The van der Waals surface area contributed by atoms with E-state index in [1.54, 1.807) is 36.4 Å². The summed E-state index contributed by atoms with van der Waals surface area (Å²) >= 11 is 19.9. The Kier molecular flexibility index (Phi) is 7.17. The van der Waals surface area contributed by atoms with Crippen LogP contribution in [-0.2, 0) is 20.7 Å². The first-order chi connectivity index (χ1) is 13.8. The molecule has 0 heterocycles. The molecule has 0 aliphatic heterocycles. The Bertz CT molecular complexity index is 983. The molecule has 0 fully saturated rings. The highest BCUT2D eigenvalue weighted by atomic mass is 35.5. The number of benzene rings is 2. The summed E-state index contributed by atoms with van der Waals surface area (Å²) in [4.78, 5) is 25.1. The summed E-state index contributed by atoms with van der Waals surface area (Å²) in [5.74, 6) is -0.913. The molecule has 4 nitrogen and oxygen atoms in total. The molecule has 3 rings (SSSR count). The average molecular weight is 472 g/mol. The first-order valence-corrected chi connectivity index (χ1v) is 10.7. The molecular weight excluding hydrogens is 455 g/mol. The molecule has 0 aromatic heterocycles. The lowest BCUT2D eigenvalue weighted by atomic mass is 9.86. The summed E-state index contributed by atoms with van der Waals surface area (Å²) in [5, 5.41) is 12.0. The zero-order valence-electron chi connectivity index (χ0n) is 15.4. The summed E-state index contributed by atoms with van der Waals surface area (Å²) in [6.07, 6.45) is 0.513. The fraction of sp³-hybridized carbons (Fsp3) is 0.238. The van der Waals surface area contributed by atoms with Gasteiger partial charge in [-0.25, -0.2) is 0 Å². The highest BCUT2D eigenvalue weighted by molar-refractivity contribution is 8.04. The molecule has 152 valence electrons. The Morgan fingerprint density at radius 3 is 2.45 bits per heavy atom. The van der Waals surface area contributed by atoms with Crippen LogP contribution >= 0.6 is 46.6 Å². The first kappa shape index (κ1) is 22.0. The number of aliphatic hydroxyl groups excluding tert-OH is 1. The number of thioether (sulfide) groups is 1. The largest absolute Gasteiger partial charge is 0.511 e. The van der Waals surface area contributed by atoms with Gasteiger partial charge in [0.2, 0.25) is 0 Å². The normalized spacial score (nSPS) is 16.8. The van der Waals surface area contributed by atoms with Crippen molar-refractivity contribution in [3.05, 3.63) is 73.3 Å². The standard InChI is InChI=1S/C21H17Cl3O4S/c1-28-19(27)8-11-5-6-13(22)18(7-11)29-21-16(25)9-12(10-17(21)26)20-14(23)3-2-4-15(20)24/h2-7,12,25H,8-10H2,1H3. The summed E-state index contributed by atoms with van der Waals surface area (Å²) < 4.78 is 4.68. The Morgan fingerprint density at radius 2 is 1.83 bits per heavy atom. The van der Waals surface area contributed by atoms with Crippen molar-refractivity contribution in [3.63, 3.8) is 0 Å². The summed E-state index contributed by atoms with van der Waals surface area (Å²) in [7, 11) is 1.32. The van der Waals surface area contributed by atoms with Crippen LogP contribution in [0.5, 0.6) is 0 Å². The van der Waals surface area contributed by atoms with E-state index in [0.29, 0.717) is 31.1 Å². The van der Waals surface area contributed by atoms with Gasteiger partial charge in [0.05, 0.1) is 23.5 Å². The van der Waals surface area contributed by atoms with Crippen molar-refractivity contribution in [2.45, 2.75) is 30.1 Å². The number of esters is 1. The molecule has 1 aliphatic carbocycles. The number of ketones is 1. The van der Waals surface area contributed by atoms with Gasteiger partial charge in [-0.3, -0.25) is 9.59 Å². The van der Waals surface area contributed by atoms with Gasteiger partial charge in [0.15, 0.2) is 5.78 Å². The molecule has 1 N–H and O–H groups in total. The Morgan fingerprint density at radius 1 is 1.14 bits per heavy atom. The fourth-order valence-electron chi connectivity index (χ4n) is 3.18. The molecule has 1 atom stereocenters. The van der Waals surface area contributed by atoms with Crippen LogP contribution in [0.25, 0.3) is 0 Å². The van der Waals surface area contributed by atoms with E-state index in [1.807, 2.05) is 0 Å². The number of rotatable bonds is 5. The van der Waals surface area contributed by atoms with Crippen LogP contribution in [0.3, 0.4) is 0 Å². The third-order valence-electron chi connectivity index (χ3n) is 4.58. The molecule has 2 aromatic carbocycles. The second-order valence-corrected chi connectivity index (χ2v) is 8.83. The Balaban J connectivity index is 1.86. The molecule has 1 unspecified atom stereocenters. The van der Waals surface area contributed by atoms with Gasteiger partial charge >= 0.3 is 5.97 Å². The van der Waals surface area contributed by atoms with Gasteiger partial charge in [0.25, 0.3) is 0 Å². The highest BCUT2D eigenvalue weighted by Crippen LogP contribution is 2.45. The predicted molar refractivity (Wildman–Crippen MR) is 116 cm³/mol. The smallest absolute Gasteiger partial charge is 0.309 e. The van der Waals surface area contributed by atoms with Crippen LogP contribution in [0.2, 0.25) is 15.1 Å². The fourth-order valence-corrected chi connectivity index (χ4v) is 5.11. The zero-order chi connectivity index (χ0) is 21.1. The molecule has 0 spiro atoms. The summed E-state index contributed by atoms with van der Waals surface area (Å²) in [6, 6.07) is 10.2. The maximum absolute atomic E-state index is 12.8. The molecule has 2 aromatic rings. The molecule has 0 bridgehead atoms. The topological polar surface area (TPSA) is 63.6 Å². The quantitative estimate of drug-likeness (QED) is 0.513. The van der Waals surface area contributed by atoms with E-state index >= 15 is 0 Å². The van der Waals surface area contributed by atoms with Gasteiger partial charge in [-0.05, 0) is 35.4 Å². The number of carbonyl (C=O) groups excluding carboxylic acids is 2. The summed E-state index contributed by atoms with van der Waals surface area (Å²) in [6.45, 7) is 0. The van der Waals surface area contributed by atoms with Crippen molar-refractivity contribution in [1.29, 1.82) is 0 Å². The van der Waals surface area contributed by atoms with Gasteiger partial charge in [-0.1, -0.05) is 58.7 Å². The monoisotopic (exact) mass is 470 g/mol. The number of ether oxygens (including phenoxy) is 1. The SMILES string of the molecule is COC(=O)Cc1ccc(Cl)c(SC2=C(O)CC(c3c(Cl)cccc3Cl)CC2=O)c1. The van der Waals surface area contributed by atoms with Crippen LogP contribution in [0, 0.1) is 0 Å². The van der Waals surface area contributed by atoms with Crippen LogP contribution in [0.15, 0.2) is 52.0 Å². The van der Waals surface area contributed by atoms with Crippen LogP contribution < -0.4 is 0 Å². The third-order valence-corrected chi connectivity index (χ3v) is 6.90. The summed E-state index contributed by atoms with van der Waals surface area (Å²) in [5.41, 5.74) is 1.37. The Hall–Kier alpha value is -1.66.